The number of carbonyl (C=O) groups is 3. The van der Waals surface area contributed by atoms with Gasteiger partial charge in [-0.05, 0) is 0 Å². The number of aliphatic hydroxyl groups excluding tert-OH is 1. The smallest absolute Gasteiger partial charge is 0.303 e. The van der Waals surface area contributed by atoms with Crippen molar-refractivity contribution in [2.24, 2.45) is 0 Å². The Morgan fingerprint density at radius 2 is 1.53 bits per heavy atom. The average molecular weight is 276 g/mol. The highest BCUT2D eigenvalue weighted by Crippen LogP contribution is 2.26. The summed E-state index contributed by atoms with van der Waals surface area (Å²) in [6.07, 6.45) is -4.53. The summed E-state index contributed by atoms with van der Waals surface area (Å²) in [6.45, 7) is 3.30. The second-order valence-corrected chi connectivity index (χ2v) is 4.02. The maximum absolute atomic E-state index is 11.0. The van der Waals surface area contributed by atoms with Crippen LogP contribution in [0, 0.1) is 0 Å². The molecule has 19 heavy (non-hydrogen) atoms. The molecule has 1 fully saturated rings. The van der Waals surface area contributed by atoms with E-state index in [2.05, 4.69) is 0 Å². The fourth-order valence-corrected chi connectivity index (χ4v) is 1.69. The number of aliphatic hydroxyl groups is 1. The van der Waals surface area contributed by atoms with Crippen molar-refractivity contribution < 1.29 is 38.4 Å². The van der Waals surface area contributed by atoms with Gasteiger partial charge in [0, 0.05) is 20.8 Å². The van der Waals surface area contributed by atoms with E-state index in [0.717, 1.165) is 6.92 Å². The van der Waals surface area contributed by atoms with Gasteiger partial charge in [0.1, 0.15) is 12.7 Å². The number of carbonyl (C=O) groups excluding carboxylic acids is 3. The van der Waals surface area contributed by atoms with E-state index in [9.17, 15) is 19.5 Å². The highest BCUT2D eigenvalue weighted by molar-refractivity contribution is 5.67. The molecule has 0 aromatic rings. The van der Waals surface area contributed by atoms with Crippen molar-refractivity contribution in [3.63, 3.8) is 0 Å². The van der Waals surface area contributed by atoms with Crippen LogP contribution in [0.15, 0.2) is 0 Å². The molecule has 1 rings (SSSR count). The molecule has 0 aromatic heterocycles. The van der Waals surface area contributed by atoms with Gasteiger partial charge in [-0.3, -0.25) is 14.4 Å². The van der Waals surface area contributed by atoms with Crippen molar-refractivity contribution in [3.05, 3.63) is 0 Å². The number of ether oxygens (including phenoxy) is 4. The Labute approximate surface area is 109 Å². The van der Waals surface area contributed by atoms with Crippen molar-refractivity contribution in [3.8, 4) is 0 Å². The molecule has 1 aliphatic rings. The summed E-state index contributed by atoms with van der Waals surface area (Å²) in [4.78, 5) is 32.7. The molecular weight excluding hydrogens is 260 g/mol. The van der Waals surface area contributed by atoms with Crippen LogP contribution < -0.4 is 0 Å². The highest BCUT2D eigenvalue weighted by Gasteiger charge is 2.48. The van der Waals surface area contributed by atoms with Crippen molar-refractivity contribution >= 4 is 17.9 Å². The third-order valence-electron chi connectivity index (χ3n) is 2.34. The lowest BCUT2D eigenvalue weighted by Crippen LogP contribution is -2.41. The van der Waals surface area contributed by atoms with Crippen LogP contribution in [0.2, 0.25) is 0 Å². The van der Waals surface area contributed by atoms with E-state index < -0.39 is 42.5 Å². The van der Waals surface area contributed by atoms with Gasteiger partial charge < -0.3 is 24.1 Å². The van der Waals surface area contributed by atoms with E-state index in [-0.39, 0.29) is 6.61 Å². The molecule has 0 bridgehead atoms. The molecule has 108 valence electrons. The molecule has 0 saturated carbocycles. The summed E-state index contributed by atoms with van der Waals surface area (Å²) in [6, 6.07) is 0. The van der Waals surface area contributed by atoms with Gasteiger partial charge in [0.2, 0.25) is 0 Å². The predicted molar refractivity (Wildman–Crippen MR) is 58.6 cm³/mol. The summed E-state index contributed by atoms with van der Waals surface area (Å²) in [5, 5.41) is 9.63. The largest absolute Gasteiger partial charge is 0.463 e. The van der Waals surface area contributed by atoms with Gasteiger partial charge in [0.15, 0.2) is 18.5 Å². The number of rotatable bonds is 4. The lowest BCUT2D eigenvalue weighted by molar-refractivity contribution is -0.174. The molecule has 1 saturated heterocycles. The summed E-state index contributed by atoms with van der Waals surface area (Å²) in [5.74, 6) is -1.83. The summed E-state index contributed by atoms with van der Waals surface area (Å²) >= 11 is 0. The number of esters is 3. The fraction of sp³-hybridized carbons (Fsp3) is 0.727. The van der Waals surface area contributed by atoms with Crippen LogP contribution in [0.3, 0.4) is 0 Å². The molecule has 1 aliphatic heterocycles. The zero-order chi connectivity index (χ0) is 14.6. The van der Waals surface area contributed by atoms with E-state index in [4.69, 9.17) is 18.9 Å². The Hall–Kier alpha value is -1.67. The van der Waals surface area contributed by atoms with Crippen molar-refractivity contribution in [2.75, 3.05) is 6.61 Å². The average Bonchev–Trinajstić information content (AvgIpc) is 2.53. The molecule has 4 atom stereocenters. The Kier molecular flexibility index (Phi) is 5.25. The molecule has 0 radical (unpaired) electrons. The van der Waals surface area contributed by atoms with Crippen LogP contribution in [0.25, 0.3) is 0 Å². The molecule has 1 unspecified atom stereocenters. The van der Waals surface area contributed by atoms with E-state index in [1.54, 1.807) is 0 Å². The van der Waals surface area contributed by atoms with Crippen molar-refractivity contribution in [1.29, 1.82) is 0 Å². The number of hydrogen-bond acceptors (Lipinski definition) is 8. The van der Waals surface area contributed by atoms with Crippen LogP contribution in [0.4, 0.5) is 0 Å². The van der Waals surface area contributed by atoms with Crippen molar-refractivity contribution in [2.45, 2.75) is 45.4 Å². The Balaban J connectivity index is 2.76. The first-order chi connectivity index (χ1) is 8.81. The molecule has 1 heterocycles. The molecule has 0 aromatic carbocycles. The van der Waals surface area contributed by atoms with E-state index in [0.29, 0.717) is 0 Å². The van der Waals surface area contributed by atoms with Crippen molar-refractivity contribution in [1.82, 2.24) is 0 Å². The first-order valence-electron chi connectivity index (χ1n) is 5.62. The molecule has 0 aliphatic carbocycles. The SMILES string of the molecule is CC(=O)OC[C@H]1O[C@@H](O)C(OC(C)=O)[C@H]1OC(C)=O. The Morgan fingerprint density at radius 1 is 1.00 bits per heavy atom. The first-order valence-corrected chi connectivity index (χ1v) is 5.62. The predicted octanol–water partition coefficient (Wildman–Crippen LogP) is -0.870. The molecule has 0 spiro atoms. The van der Waals surface area contributed by atoms with E-state index in [1.165, 1.54) is 13.8 Å². The first kappa shape index (κ1) is 15.4. The van der Waals surface area contributed by atoms with Gasteiger partial charge in [0.05, 0.1) is 0 Å². The van der Waals surface area contributed by atoms with Crippen LogP contribution in [-0.2, 0) is 33.3 Å². The van der Waals surface area contributed by atoms with Gasteiger partial charge >= 0.3 is 17.9 Å². The van der Waals surface area contributed by atoms with Crippen LogP contribution >= 0.6 is 0 Å². The highest BCUT2D eigenvalue weighted by atomic mass is 16.7. The lowest BCUT2D eigenvalue weighted by atomic mass is 10.1. The topological polar surface area (TPSA) is 108 Å². The maximum Gasteiger partial charge on any atom is 0.303 e. The van der Waals surface area contributed by atoms with Gasteiger partial charge in [-0.2, -0.15) is 0 Å². The molecule has 8 heteroatoms. The zero-order valence-corrected chi connectivity index (χ0v) is 10.8. The summed E-state index contributed by atoms with van der Waals surface area (Å²) in [5.41, 5.74) is 0. The summed E-state index contributed by atoms with van der Waals surface area (Å²) < 4.78 is 19.6. The Bertz CT molecular complexity index is 366. The Morgan fingerprint density at radius 3 is 2.00 bits per heavy atom. The van der Waals surface area contributed by atoms with Crippen LogP contribution in [-0.4, -0.2) is 54.2 Å². The van der Waals surface area contributed by atoms with Gasteiger partial charge in [-0.15, -0.1) is 0 Å². The monoisotopic (exact) mass is 276 g/mol. The van der Waals surface area contributed by atoms with Crippen LogP contribution in [0.1, 0.15) is 20.8 Å². The third kappa shape index (κ3) is 4.49. The molecule has 0 amide bonds. The van der Waals surface area contributed by atoms with Crippen LogP contribution in [0.5, 0.6) is 0 Å². The second kappa shape index (κ2) is 6.48. The van der Waals surface area contributed by atoms with Gasteiger partial charge in [0.25, 0.3) is 0 Å². The quantitative estimate of drug-likeness (QED) is 0.521. The lowest BCUT2D eigenvalue weighted by Gasteiger charge is -2.21. The van der Waals surface area contributed by atoms with E-state index in [1.807, 2.05) is 0 Å². The standard InChI is InChI=1S/C11H16O8/c1-5(12)16-4-8-9(17-6(2)13)10(11(15)19-8)18-7(3)14/h8-11,15H,4H2,1-3H3/t8-,9+,10?,11-/m1/s1. The van der Waals surface area contributed by atoms with Gasteiger partial charge in [-0.1, -0.05) is 0 Å². The van der Waals surface area contributed by atoms with E-state index >= 15 is 0 Å². The minimum absolute atomic E-state index is 0.220. The third-order valence-corrected chi connectivity index (χ3v) is 2.34. The summed E-state index contributed by atoms with van der Waals surface area (Å²) in [7, 11) is 0. The molecule has 8 nitrogen and oxygen atoms in total. The maximum atomic E-state index is 11.0. The normalized spacial score (nSPS) is 29.7. The minimum atomic E-state index is -1.45. The zero-order valence-electron chi connectivity index (χ0n) is 10.8. The number of hydrogen-bond donors (Lipinski definition) is 1. The minimum Gasteiger partial charge on any atom is -0.463 e. The fourth-order valence-electron chi connectivity index (χ4n) is 1.69. The molecular formula is C11H16O8. The molecule has 1 N–H and O–H groups in total. The second-order valence-electron chi connectivity index (χ2n) is 4.02. The van der Waals surface area contributed by atoms with Gasteiger partial charge in [-0.25, -0.2) is 0 Å².